The van der Waals surface area contributed by atoms with Crippen molar-refractivity contribution in [2.24, 2.45) is 5.92 Å². The third-order valence-electron chi connectivity index (χ3n) is 3.64. The van der Waals surface area contributed by atoms with Crippen molar-refractivity contribution in [2.75, 3.05) is 0 Å². The second-order valence-corrected chi connectivity index (χ2v) is 7.78. The second kappa shape index (κ2) is 8.99. The highest BCUT2D eigenvalue weighted by Gasteiger charge is 2.22. The van der Waals surface area contributed by atoms with Crippen molar-refractivity contribution in [3.05, 3.63) is 0 Å². The van der Waals surface area contributed by atoms with Gasteiger partial charge < -0.3 is 20.7 Å². The molecule has 0 bridgehead atoms. The maximum atomic E-state index is 12.2. The molecule has 1 rings (SSSR count). The molecule has 1 aliphatic carbocycles. The van der Waals surface area contributed by atoms with E-state index in [-0.39, 0.29) is 12.1 Å². The molecule has 0 aromatic heterocycles. The number of hydrogen-bond donors (Lipinski definition) is 3. The molecule has 23 heavy (non-hydrogen) atoms. The summed E-state index contributed by atoms with van der Waals surface area (Å²) in [6.45, 7) is 9.53. The summed E-state index contributed by atoms with van der Waals surface area (Å²) in [7, 11) is 0. The second-order valence-electron chi connectivity index (χ2n) is 7.78. The van der Waals surface area contributed by atoms with Gasteiger partial charge in [0.25, 0.3) is 0 Å². The number of carbonyl (C=O) groups is 2. The highest BCUT2D eigenvalue weighted by molar-refractivity contribution is 5.75. The van der Waals surface area contributed by atoms with E-state index in [2.05, 4.69) is 16.0 Å². The first-order valence-electron chi connectivity index (χ1n) is 8.72. The van der Waals surface area contributed by atoms with Gasteiger partial charge in [0.15, 0.2) is 0 Å². The minimum atomic E-state index is -0.559. The molecule has 0 aliphatic heterocycles. The molecule has 1 aliphatic rings. The Morgan fingerprint density at radius 2 is 1.70 bits per heavy atom. The zero-order chi connectivity index (χ0) is 17.5. The molecule has 0 heterocycles. The van der Waals surface area contributed by atoms with Crippen LogP contribution in [0.5, 0.6) is 0 Å². The molecule has 6 nitrogen and oxygen atoms in total. The Kier molecular flexibility index (Phi) is 7.65. The zero-order valence-corrected chi connectivity index (χ0v) is 15.2. The van der Waals surface area contributed by atoms with Crippen LogP contribution in [0.2, 0.25) is 0 Å². The molecular weight excluding hydrogens is 294 g/mol. The Hall–Kier alpha value is -1.46. The van der Waals surface area contributed by atoms with E-state index in [9.17, 15) is 9.59 Å². The average Bonchev–Trinajstić information content (AvgIpc) is 2.36. The van der Waals surface area contributed by atoms with E-state index >= 15 is 0 Å². The third-order valence-corrected chi connectivity index (χ3v) is 3.64. The molecule has 1 saturated carbocycles. The quantitative estimate of drug-likeness (QED) is 0.676. The molecule has 1 atom stereocenters. The van der Waals surface area contributed by atoms with Crippen molar-refractivity contribution in [3.63, 3.8) is 0 Å². The lowest BCUT2D eigenvalue weighted by Gasteiger charge is -2.27. The lowest BCUT2D eigenvalue weighted by atomic mass is 9.96. The van der Waals surface area contributed by atoms with Crippen molar-refractivity contribution in [3.8, 4) is 0 Å². The number of urea groups is 1. The Labute approximate surface area is 140 Å². The van der Waals surface area contributed by atoms with Crippen LogP contribution < -0.4 is 16.0 Å². The monoisotopic (exact) mass is 327 g/mol. The summed E-state index contributed by atoms with van der Waals surface area (Å²) in [5, 5.41) is 8.59. The molecule has 0 unspecified atom stereocenters. The molecule has 1 fully saturated rings. The smallest absolute Gasteiger partial charge is 0.409 e. The van der Waals surface area contributed by atoms with Gasteiger partial charge in [0.05, 0.1) is 0 Å². The van der Waals surface area contributed by atoms with E-state index in [1.807, 2.05) is 34.6 Å². The molecular formula is C17H33N3O3. The fourth-order valence-electron chi connectivity index (χ4n) is 2.71. The van der Waals surface area contributed by atoms with Gasteiger partial charge in [-0.05, 0) is 46.0 Å². The van der Waals surface area contributed by atoms with Gasteiger partial charge in [-0.15, -0.1) is 0 Å². The van der Waals surface area contributed by atoms with Crippen molar-refractivity contribution >= 4 is 12.1 Å². The lowest BCUT2D eigenvalue weighted by molar-refractivity contribution is 0.0492. The summed E-state index contributed by atoms with van der Waals surface area (Å²) in [6.07, 6.45) is 5.33. The Morgan fingerprint density at radius 3 is 2.22 bits per heavy atom. The molecule has 6 heteroatoms. The number of alkyl carbamates (subject to hydrolysis) is 1. The first-order valence-corrected chi connectivity index (χ1v) is 8.72. The normalized spacial score (nSPS) is 17.5. The van der Waals surface area contributed by atoms with Gasteiger partial charge in [-0.2, -0.15) is 0 Å². The first kappa shape index (κ1) is 19.6. The van der Waals surface area contributed by atoms with Crippen LogP contribution in [0.25, 0.3) is 0 Å². The molecule has 3 N–H and O–H groups in total. The van der Waals surface area contributed by atoms with Gasteiger partial charge in [0.2, 0.25) is 0 Å². The van der Waals surface area contributed by atoms with E-state index in [1.165, 1.54) is 6.42 Å². The molecule has 0 aromatic carbocycles. The summed E-state index contributed by atoms with van der Waals surface area (Å²) in [6, 6.07) is 0.0172. The van der Waals surface area contributed by atoms with Crippen molar-refractivity contribution in [2.45, 2.75) is 91.0 Å². The van der Waals surface area contributed by atoms with Crippen LogP contribution in [0.15, 0.2) is 0 Å². The average molecular weight is 327 g/mol. The molecule has 134 valence electrons. The van der Waals surface area contributed by atoms with Crippen LogP contribution in [-0.2, 0) is 4.74 Å². The van der Waals surface area contributed by atoms with Crippen LogP contribution >= 0.6 is 0 Å². The highest BCUT2D eigenvalue weighted by Crippen LogP contribution is 2.17. The minimum absolute atomic E-state index is 0.224. The van der Waals surface area contributed by atoms with E-state index in [0.717, 1.165) is 25.7 Å². The van der Waals surface area contributed by atoms with Crippen LogP contribution in [0.4, 0.5) is 9.59 Å². The van der Waals surface area contributed by atoms with Gasteiger partial charge in [-0.1, -0.05) is 33.1 Å². The van der Waals surface area contributed by atoms with Crippen LogP contribution in [0, 0.1) is 5.92 Å². The largest absolute Gasteiger partial charge is 0.444 e. The maximum Gasteiger partial charge on any atom is 0.409 e. The standard InChI is InChI=1S/C17H33N3O3/c1-12(2)11-14(20-16(22)23-17(3,4)5)19-15(21)18-13-9-7-6-8-10-13/h12-14H,6-11H2,1-5H3,(H,20,22)(H2,18,19,21)/t14-/m0/s1. The Morgan fingerprint density at radius 1 is 1.09 bits per heavy atom. The Bertz CT molecular complexity index is 385. The van der Waals surface area contributed by atoms with Gasteiger partial charge in [-0.3, -0.25) is 0 Å². The summed E-state index contributed by atoms with van der Waals surface area (Å²) in [5.41, 5.74) is -0.559. The fourth-order valence-corrected chi connectivity index (χ4v) is 2.71. The molecule has 3 amide bonds. The van der Waals surface area contributed by atoms with Crippen LogP contribution in [0.1, 0.15) is 73.1 Å². The number of hydrogen-bond acceptors (Lipinski definition) is 3. The van der Waals surface area contributed by atoms with Crippen molar-refractivity contribution in [1.82, 2.24) is 16.0 Å². The molecule has 0 radical (unpaired) electrons. The predicted octanol–water partition coefficient (Wildman–Crippen LogP) is 3.52. The van der Waals surface area contributed by atoms with Crippen molar-refractivity contribution < 1.29 is 14.3 Å². The number of carbonyl (C=O) groups excluding carboxylic acids is 2. The number of ether oxygens (including phenoxy) is 1. The fraction of sp³-hybridized carbons (Fsp3) is 0.882. The summed E-state index contributed by atoms with van der Waals surface area (Å²) in [5.74, 6) is 0.338. The van der Waals surface area contributed by atoms with E-state index < -0.39 is 17.9 Å². The van der Waals surface area contributed by atoms with E-state index in [4.69, 9.17) is 4.74 Å². The molecule has 0 saturated heterocycles. The van der Waals surface area contributed by atoms with E-state index in [1.54, 1.807) is 0 Å². The molecule has 0 spiro atoms. The topological polar surface area (TPSA) is 79.5 Å². The SMILES string of the molecule is CC(C)C[C@@H](NC(=O)NC1CCCCC1)NC(=O)OC(C)(C)C. The van der Waals surface area contributed by atoms with Crippen molar-refractivity contribution in [1.29, 1.82) is 0 Å². The zero-order valence-electron chi connectivity index (χ0n) is 15.2. The van der Waals surface area contributed by atoms with Gasteiger partial charge in [0.1, 0.15) is 11.8 Å². The number of nitrogens with one attached hydrogen (secondary N) is 3. The number of amides is 3. The predicted molar refractivity (Wildman–Crippen MR) is 91.2 cm³/mol. The van der Waals surface area contributed by atoms with E-state index in [0.29, 0.717) is 12.3 Å². The van der Waals surface area contributed by atoms with Gasteiger partial charge >= 0.3 is 12.1 Å². The third kappa shape index (κ3) is 9.31. The molecule has 0 aromatic rings. The number of rotatable bonds is 5. The summed E-state index contributed by atoms with van der Waals surface area (Å²) < 4.78 is 5.26. The van der Waals surface area contributed by atoms with Gasteiger partial charge in [0, 0.05) is 6.04 Å². The van der Waals surface area contributed by atoms with Crippen LogP contribution in [-0.4, -0.2) is 29.9 Å². The highest BCUT2D eigenvalue weighted by atomic mass is 16.6. The summed E-state index contributed by atoms with van der Waals surface area (Å²) in [4.78, 5) is 24.1. The summed E-state index contributed by atoms with van der Waals surface area (Å²) >= 11 is 0. The first-order chi connectivity index (χ1) is 10.7. The minimum Gasteiger partial charge on any atom is -0.444 e. The maximum absolute atomic E-state index is 12.2. The van der Waals surface area contributed by atoms with Gasteiger partial charge in [-0.25, -0.2) is 9.59 Å². The lowest BCUT2D eigenvalue weighted by Crippen LogP contribution is -2.54. The Balaban J connectivity index is 2.49. The van der Waals surface area contributed by atoms with Crippen LogP contribution in [0.3, 0.4) is 0 Å².